The van der Waals surface area contributed by atoms with E-state index in [1.54, 1.807) is 5.43 Å². The van der Waals surface area contributed by atoms with Crippen LogP contribution < -0.4 is 5.43 Å². The first-order chi connectivity index (χ1) is 6.95. The van der Waals surface area contributed by atoms with E-state index in [2.05, 4.69) is 5.29 Å². The van der Waals surface area contributed by atoms with Crippen LogP contribution in [0.4, 0.5) is 0 Å². The second kappa shape index (κ2) is 4.09. The van der Waals surface area contributed by atoms with Crippen LogP contribution in [0.1, 0.15) is 0 Å². The lowest BCUT2D eigenvalue weighted by atomic mass is 10.1. The standard InChI is InChI=1S/C7H10N2O5S/c1-14-6-2-4-7(5-3-6,8-9-10)15(11,12)13/h2-6H,1H3,(H,8,10)(H,11,12,13). The Labute approximate surface area is 86.5 Å². The molecule has 1 aliphatic carbocycles. The lowest BCUT2D eigenvalue weighted by molar-refractivity contribution is 0.175. The van der Waals surface area contributed by atoms with E-state index in [1.165, 1.54) is 19.3 Å². The van der Waals surface area contributed by atoms with Crippen LogP contribution in [-0.2, 0) is 14.9 Å². The summed E-state index contributed by atoms with van der Waals surface area (Å²) < 4.78 is 35.9. The largest absolute Gasteiger partial charge is 0.373 e. The molecule has 0 spiro atoms. The van der Waals surface area contributed by atoms with Gasteiger partial charge in [-0.05, 0) is 12.2 Å². The maximum atomic E-state index is 11.0. The number of rotatable bonds is 4. The van der Waals surface area contributed by atoms with E-state index in [4.69, 9.17) is 9.29 Å². The molecule has 0 radical (unpaired) electrons. The minimum Gasteiger partial charge on any atom is -0.373 e. The summed E-state index contributed by atoms with van der Waals surface area (Å²) in [6.45, 7) is 0. The number of ether oxygens (including phenoxy) is 1. The third-order valence-corrected chi connectivity index (χ3v) is 3.20. The molecule has 0 aromatic heterocycles. The fourth-order valence-electron chi connectivity index (χ4n) is 1.13. The van der Waals surface area contributed by atoms with Gasteiger partial charge in [0.15, 0.2) is 0 Å². The van der Waals surface area contributed by atoms with Gasteiger partial charge in [-0.3, -0.25) is 4.55 Å². The van der Waals surface area contributed by atoms with Gasteiger partial charge in [-0.15, -0.1) is 4.91 Å². The van der Waals surface area contributed by atoms with Crippen molar-refractivity contribution < 1.29 is 17.7 Å². The lowest BCUT2D eigenvalue weighted by Gasteiger charge is -2.25. The second-order valence-corrected chi connectivity index (χ2v) is 4.52. The molecular weight excluding hydrogens is 224 g/mol. The van der Waals surface area contributed by atoms with Crippen LogP contribution in [0.3, 0.4) is 0 Å². The number of nitroso groups, excluding NO2 is 1. The molecule has 0 saturated heterocycles. The summed E-state index contributed by atoms with van der Waals surface area (Å²) in [5.74, 6) is 0. The maximum Gasteiger partial charge on any atom is 0.298 e. The minimum atomic E-state index is -4.52. The van der Waals surface area contributed by atoms with Gasteiger partial charge < -0.3 is 4.74 Å². The molecule has 84 valence electrons. The van der Waals surface area contributed by atoms with Gasteiger partial charge in [0.05, 0.1) is 11.4 Å². The van der Waals surface area contributed by atoms with Crippen LogP contribution >= 0.6 is 0 Å². The quantitative estimate of drug-likeness (QED) is 0.306. The van der Waals surface area contributed by atoms with E-state index in [0.717, 1.165) is 12.2 Å². The first kappa shape index (κ1) is 11.8. The number of methoxy groups -OCH3 is 1. The normalized spacial score (nSPS) is 30.1. The van der Waals surface area contributed by atoms with Crippen molar-refractivity contribution in [3.05, 3.63) is 29.2 Å². The topological polar surface area (TPSA) is 105 Å². The highest BCUT2D eigenvalue weighted by atomic mass is 32.2. The summed E-state index contributed by atoms with van der Waals surface area (Å²) in [5.41, 5.74) is 1.78. The molecule has 0 heterocycles. The Kier molecular flexibility index (Phi) is 3.22. The highest BCUT2D eigenvalue weighted by Crippen LogP contribution is 2.22. The van der Waals surface area contributed by atoms with Gasteiger partial charge >= 0.3 is 0 Å². The van der Waals surface area contributed by atoms with Crippen molar-refractivity contribution in [2.75, 3.05) is 7.11 Å². The summed E-state index contributed by atoms with van der Waals surface area (Å²) in [5, 5.41) is 2.27. The Balaban J connectivity index is 3.08. The van der Waals surface area contributed by atoms with Crippen molar-refractivity contribution >= 4 is 10.1 Å². The monoisotopic (exact) mass is 234 g/mol. The van der Waals surface area contributed by atoms with Gasteiger partial charge in [0, 0.05) is 7.11 Å². The third kappa shape index (κ3) is 2.22. The molecular formula is C7H10N2O5S. The van der Waals surface area contributed by atoms with Crippen LogP contribution in [0.25, 0.3) is 0 Å². The summed E-state index contributed by atoms with van der Waals surface area (Å²) in [6, 6.07) is 0. The van der Waals surface area contributed by atoms with E-state index in [0.29, 0.717) is 0 Å². The van der Waals surface area contributed by atoms with Gasteiger partial charge in [0.1, 0.15) is 0 Å². The third-order valence-electron chi connectivity index (χ3n) is 1.99. The molecule has 15 heavy (non-hydrogen) atoms. The van der Waals surface area contributed by atoms with Crippen LogP contribution in [-0.4, -0.2) is 31.1 Å². The molecule has 0 saturated carbocycles. The van der Waals surface area contributed by atoms with Crippen molar-refractivity contribution in [3.63, 3.8) is 0 Å². The van der Waals surface area contributed by atoms with Gasteiger partial charge in [0.25, 0.3) is 10.1 Å². The molecule has 0 fully saturated rings. The second-order valence-electron chi connectivity index (χ2n) is 2.89. The Hall–Kier alpha value is -1.25. The summed E-state index contributed by atoms with van der Waals surface area (Å²) >= 11 is 0. The number of hydrogen-bond acceptors (Lipinski definition) is 5. The summed E-state index contributed by atoms with van der Waals surface area (Å²) in [6.07, 6.45) is 4.56. The fourth-order valence-corrected chi connectivity index (χ4v) is 1.78. The van der Waals surface area contributed by atoms with Crippen molar-refractivity contribution in [1.29, 1.82) is 0 Å². The maximum absolute atomic E-state index is 11.0. The van der Waals surface area contributed by atoms with Gasteiger partial charge in [-0.1, -0.05) is 12.2 Å². The highest BCUT2D eigenvalue weighted by Gasteiger charge is 2.40. The molecule has 0 amide bonds. The molecule has 0 atom stereocenters. The predicted octanol–water partition coefficient (Wildman–Crippen LogP) is -0.0175. The molecule has 7 nitrogen and oxygen atoms in total. The van der Waals surface area contributed by atoms with Crippen LogP contribution in [0.5, 0.6) is 0 Å². The molecule has 0 aliphatic heterocycles. The number of nitrogens with one attached hydrogen (secondary N) is 1. The van der Waals surface area contributed by atoms with E-state index < -0.39 is 21.1 Å². The first-order valence-electron chi connectivity index (χ1n) is 3.93. The van der Waals surface area contributed by atoms with Crippen molar-refractivity contribution in [2.45, 2.75) is 11.0 Å². The molecule has 0 aromatic rings. The van der Waals surface area contributed by atoms with E-state index >= 15 is 0 Å². The van der Waals surface area contributed by atoms with E-state index in [-0.39, 0.29) is 0 Å². The van der Waals surface area contributed by atoms with Crippen molar-refractivity contribution in [2.24, 2.45) is 5.29 Å². The van der Waals surface area contributed by atoms with E-state index in [1.807, 2.05) is 0 Å². The minimum absolute atomic E-state index is 0.395. The zero-order valence-corrected chi connectivity index (χ0v) is 8.64. The highest BCUT2D eigenvalue weighted by molar-refractivity contribution is 7.87. The molecule has 1 rings (SSSR count). The molecule has 0 unspecified atom stereocenters. The summed E-state index contributed by atoms with van der Waals surface area (Å²) in [7, 11) is -3.08. The zero-order chi connectivity index (χ0) is 11.5. The fraction of sp³-hybridized carbons (Fsp3) is 0.429. The average molecular weight is 234 g/mol. The van der Waals surface area contributed by atoms with E-state index in [9.17, 15) is 13.3 Å². The molecule has 0 bridgehead atoms. The Morgan fingerprint density at radius 1 is 1.47 bits per heavy atom. The molecule has 8 heteroatoms. The van der Waals surface area contributed by atoms with Crippen LogP contribution in [0, 0.1) is 4.91 Å². The van der Waals surface area contributed by atoms with Gasteiger partial charge in [-0.25, -0.2) is 5.43 Å². The smallest absolute Gasteiger partial charge is 0.298 e. The molecule has 2 N–H and O–H groups in total. The van der Waals surface area contributed by atoms with Gasteiger partial charge in [0.2, 0.25) is 4.87 Å². The van der Waals surface area contributed by atoms with Crippen LogP contribution in [0.2, 0.25) is 0 Å². The zero-order valence-electron chi connectivity index (χ0n) is 7.82. The predicted molar refractivity (Wildman–Crippen MR) is 52.3 cm³/mol. The Morgan fingerprint density at radius 2 is 2.00 bits per heavy atom. The van der Waals surface area contributed by atoms with Gasteiger partial charge in [-0.2, -0.15) is 8.42 Å². The van der Waals surface area contributed by atoms with Crippen molar-refractivity contribution in [3.8, 4) is 0 Å². The Morgan fingerprint density at radius 3 is 2.33 bits per heavy atom. The molecule has 1 aliphatic rings. The number of hydrogen-bond donors (Lipinski definition) is 2. The SMILES string of the molecule is COC1C=CC(NN=O)(S(=O)(=O)O)C=C1. The Bertz CT molecular complexity index is 386. The van der Waals surface area contributed by atoms with Crippen LogP contribution in [0.15, 0.2) is 29.6 Å². The lowest BCUT2D eigenvalue weighted by Crippen LogP contribution is -2.47. The molecule has 0 aromatic carbocycles. The first-order valence-corrected chi connectivity index (χ1v) is 5.37. The number of nitrogens with zero attached hydrogens (tertiary/aromatic N) is 1. The van der Waals surface area contributed by atoms with Crippen molar-refractivity contribution in [1.82, 2.24) is 5.43 Å². The average Bonchev–Trinajstić information content (AvgIpc) is 2.18. The summed E-state index contributed by atoms with van der Waals surface area (Å²) in [4.78, 5) is 8.04.